The van der Waals surface area contributed by atoms with Crippen molar-refractivity contribution in [3.05, 3.63) is 111 Å². The first kappa shape index (κ1) is 28.0. The standard InChI is InChI=1S/C29H25BrN2O6S/c1-3-38-29(35)24(31)16-25(33)27-26(19-7-5-4-6-8-19)23-15-20(30)11-14-22(23)28(34)32(27)17-18-9-12-21(13-10-18)39(2,36)37/h4-16H,3,17,31H2,1-2H3/b24-16-. The van der Waals surface area contributed by atoms with E-state index in [0.29, 0.717) is 31.9 Å². The number of esters is 1. The minimum atomic E-state index is -3.42. The predicted octanol–water partition coefficient (Wildman–Crippen LogP) is 4.47. The van der Waals surface area contributed by atoms with Gasteiger partial charge >= 0.3 is 5.97 Å². The molecule has 0 unspecified atom stereocenters. The number of carbonyl (C=O) groups excluding carboxylic acids is 2. The molecule has 0 amide bonds. The van der Waals surface area contributed by atoms with Gasteiger partial charge in [-0.3, -0.25) is 14.2 Å². The molecule has 4 rings (SSSR count). The van der Waals surface area contributed by atoms with Crippen molar-refractivity contribution in [1.82, 2.24) is 4.57 Å². The van der Waals surface area contributed by atoms with Crippen LogP contribution in [0.25, 0.3) is 21.9 Å². The van der Waals surface area contributed by atoms with Gasteiger partial charge in [0.2, 0.25) is 5.78 Å². The van der Waals surface area contributed by atoms with Gasteiger partial charge in [-0.25, -0.2) is 13.2 Å². The zero-order valence-electron chi connectivity index (χ0n) is 21.2. The normalized spacial score (nSPS) is 11.9. The molecule has 4 aromatic rings. The first-order chi connectivity index (χ1) is 18.5. The highest BCUT2D eigenvalue weighted by Crippen LogP contribution is 2.33. The molecule has 0 saturated carbocycles. The molecule has 0 spiro atoms. The van der Waals surface area contributed by atoms with E-state index in [9.17, 15) is 22.8 Å². The molecule has 10 heteroatoms. The SMILES string of the molecule is CCOC(=O)/C(N)=C/C(=O)c1c(-c2ccccc2)c2cc(Br)ccc2c(=O)n1Cc1ccc(S(C)(=O)=O)cc1. The van der Waals surface area contributed by atoms with Crippen molar-refractivity contribution in [2.45, 2.75) is 18.4 Å². The Labute approximate surface area is 233 Å². The highest BCUT2D eigenvalue weighted by atomic mass is 79.9. The molecule has 0 bridgehead atoms. The van der Waals surface area contributed by atoms with E-state index in [0.717, 1.165) is 12.3 Å². The lowest BCUT2D eigenvalue weighted by Crippen LogP contribution is -2.28. The number of hydrogen-bond donors (Lipinski definition) is 1. The molecule has 0 aliphatic carbocycles. The van der Waals surface area contributed by atoms with E-state index in [1.807, 2.05) is 30.3 Å². The fourth-order valence-corrected chi connectivity index (χ4v) is 5.22. The van der Waals surface area contributed by atoms with E-state index < -0.39 is 32.8 Å². The van der Waals surface area contributed by atoms with Crippen molar-refractivity contribution >= 4 is 48.3 Å². The first-order valence-electron chi connectivity index (χ1n) is 11.9. The number of pyridine rings is 1. The predicted molar refractivity (Wildman–Crippen MR) is 153 cm³/mol. The number of ether oxygens (including phenoxy) is 1. The molecule has 0 atom stereocenters. The average Bonchev–Trinajstić information content (AvgIpc) is 2.90. The summed E-state index contributed by atoms with van der Waals surface area (Å²) in [5, 5.41) is 0.916. The van der Waals surface area contributed by atoms with Gasteiger partial charge in [0.25, 0.3) is 5.56 Å². The number of benzene rings is 3. The zero-order chi connectivity index (χ0) is 28.3. The first-order valence-corrected chi connectivity index (χ1v) is 14.6. The van der Waals surface area contributed by atoms with Gasteiger partial charge in [-0.05, 0) is 53.8 Å². The number of ketones is 1. The molecule has 0 fully saturated rings. The Bertz CT molecular complexity index is 1780. The minimum Gasteiger partial charge on any atom is -0.461 e. The molecule has 200 valence electrons. The van der Waals surface area contributed by atoms with Crippen molar-refractivity contribution in [2.24, 2.45) is 5.73 Å². The largest absolute Gasteiger partial charge is 0.461 e. The molecule has 0 saturated heterocycles. The smallest absolute Gasteiger partial charge is 0.354 e. The van der Waals surface area contributed by atoms with Crippen LogP contribution in [0.15, 0.2) is 98.7 Å². The molecule has 0 aliphatic heterocycles. The number of halogens is 1. The second kappa shape index (κ2) is 11.4. The summed E-state index contributed by atoms with van der Waals surface area (Å²) in [5.41, 5.74) is 6.82. The van der Waals surface area contributed by atoms with Crippen molar-refractivity contribution in [2.75, 3.05) is 12.9 Å². The zero-order valence-corrected chi connectivity index (χ0v) is 23.6. The molecule has 8 nitrogen and oxygen atoms in total. The molecule has 3 aromatic carbocycles. The van der Waals surface area contributed by atoms with Gasteiger partial charge in [0.05, 0.1) is 18.0 Å². The van der Waals surface area contributed by atoms with Crippen LogP contribution in [0.3, 0.4) is 0 Å². The van der Waals surface area contributed by atoms with Crippen LogP contribution in [0.5, 0.6) is 0 Å². The van der Waals surface area contributed by atoms with E-state index >= 15 is 0 Å². The Kier molecular flexibility index (Phi) is 8.17. The fraction of sp³-hybridized carbons (Fsp3) is 0.138. The van der Waals surface area contributed by atoms with Gasteiger partial charge in [-0.15, -0.1) is 0 Å². The van der Waals surface area contributed by atoms with Crippen molar-refractivity contribution in [3.8, 4) is 11.1 Å². The molecule has 2 N–H and O–H groups in total. The van der Waals surface area contributed by atoms with Gasteiger partial charge in [-0.1, -0.05) is 58.4 Å². The van der Waals surface area contributed by atoms with Crippen LogP contribution in [0.1, 0.15) is 23.0 Å². The summed E-state index contributed by atoms with van der Waals surface area (Å²) < 4.78 is 30.8. The Balaban J connectivity index is 2.04. The second-order valence-electron chi connectivity index (χ2n) is 8.77. The van der Waals surface area contributed by atoms with Gasteiger partial charge < -0.3 is 10.5 Å². The Morgan fingerprint density at radius 3 is 2.28 bits per heavy atom. The molecule has 1 heterocycles. The third kappa shape index (κ3) is 6.02. The van der Waals surface area contributed by atoms with Crippen molar-refractivity contribution in [1.29, 1.82) is 0 Å². The van der Waals surface area contributed by atoms with Gasteiger partial charge in [0.15, 0.2) is 9.84 Å². The van der Waals surface area contributed by atoms with Gasteiger partial charge in [-0.2, -0.15) is 0 Å². The Morgan fingerprint density at radius 2 is 1.67 bits per heavy atom. The number of rotatable bonds is 8. The summed E-state index contributed by atoms with van der Waals surface area (Å²) in [7, 11) is -3.42. The third-order valence-electron chi connectivity index (χ3n) is 6.02. The summed E-state index contributed by atoms with van der Waals surface area (Å²) in [6.45, 7) is 1.66. The van der Waals surface area contributed by atoms with E-state index in [2.05, 4.69) is 15.9 Å². The highest BCUT2D eigenvalue weighted by Gasteiger charge is 2.24. The van der Waals surface area contributed by atoms with Crippen LogP contribution < -0.4 is 11.3 Å². The van der Waals surface area contributed by atoms with Crippen LogP contribution in [0, 0.1) is 0 Å². The van der Waals surface area contributed by atoms with Crippen molar-refractivity contribution in [3.63, 3.8) is 0 Å². The van der Waals surface area contributed by atoms with E-state index in [1.165, 1.54) is 16.7 Å². The molecule has 0 aliphatic rings. The molecule has 1 aromatic heterocycles. The van der Waals surface area contributed by atoms with E-state index in [1.54, 1.807) is 37.3 Å². The lowest BCUT2D eigenvalue weighted by Gasteiger charge is -2.19. The number of nitrogens with two attached hydrogens (primary N) is 1. The maximum atomic E-state index is 13.9. The van der Waals surface area contributed by atoms with Crippen LogP contribution in [0.2, 0.25) is 0 Å². The number of nitrogens with zero attached hydrogens (tertiary/aromatic N) is 1. The summed E-state index contributed by atoms with van der Waals surface area (Å²) in [4.78, 5) is 40.0. The van der Waals surface area contributed by atoms with Gasteiger partial charge in [0.1, 0.15) is 11.4 Å². The lowest BCUT2D eigenvalue weighted by molar-refractivity contribution is -0.138. The van der Waals surface area contributed by atoms with Crippen LogP contribution in [-0.4, -0.2) is 37.6 Å². The number of hydrogen-bond acceptors (Lipinski definition) is 7. The van der Waals surface area contributed by atoms with E-state index in [4.69, 9.17) is 10.5 Å². The third-order valence-corrected chi connectivity index (χ3v) is 7.64. The molecular formula is C29H25BrN2O6S. The molecular weight excluding hydrogens is 584 g/mol. The highest BCUT2D eigenvalue weighted by molar-refractivity contribution is 9.10. The summed E-state index contributed by atoms with van der Waals surface area (Å²) in [6.07, 6.45) is 2.07. The van der Waals surface area contributed by atoms with Gasteiger partial charge in [0, 0.05) is 27.8 Å². The van der Waals surface area contributed by atoms with Crippen LogP contribution in [0.4, 0.5) is 0 Å². The number of allylic oxidation sites excluding steroid dienone is 1. The summed E-state index contributed by atoms with van der Waals surface area (Å²) in [5.74, 6) is -1.51. The van der Waals surface area contributed by atoms with Crippen molar-refractivity contribution < 1.29 is 22.7 Å². The Hall–Kier alpha value is -4.02. The van der Waals surface area contributed by atoms with Crippen LogP contribution >= 0.6 is 15.9 Å². The number of aromatic nitrogens is 1. The quantitative estimate of drug-likeness (QED) is 0.178. The number of sulfone groups is 1. The Morgan fingerprint density at radius 1 is 1.00 bits per heavy atom. The topological polar surface area (TPSA) is 126 Å². The molecule has 39 heavy (non-hydrogen) atoms. The maximum absolute atomic E-state index is 13.9. The summed E-state index contributed by atoms with van der Waals surface area (Å²) >= 11 is 3.46. The number of fused-ring (bicyclic) bond motifs is 1. The molecule has 0 radical (unpaired) electrons. The average molecular weight is 609 g/mol. The fourth-order valence-electron chi connectivity index (χ4n) is 4.23. The lowest BCUT2D eigenvalue weighted by atomic mass is 9.94. The monoisotopic (exact) mass is 608 g/mol. The van der Waals surface area contributed by atoms with E-state index in [-0.39, 0.29) is 23.7 Å². The maximum Gasteiger partial charge on any atom is 0.354 e. The van der Waals surface area contributed by atoms with Crippen LogP contribution in [-0.2, 0) is 25.9 Å². The summed E-state index contributed by atoms with van der Waals surface area (Å²) in [6, 6.07) is 20.4. The minimum absolute atomic E-state index is 0.0243. The number of carbonyl (C=O) groups is 2. The second-order valence-corrected chi connectivity index (χ2v) is 11.7.